The van der Waals surface area contributed by atoms with E-state index in [0.29, 0.717) is 6.61 Å². The highest BCUT2D eigenvalue weighted by Crippen LogP contribution is 2.38. The van der Waals surface area contributed by atoms with Crippen molar-refractivity contribution in [3.8, 4) is 0 Å². The van der Waals surface area contributed by atoms with Gasteiger partial charge in [0.05, 0.1) is 11.2 Å². The molecule has 1 heterocycles. The molecule has 1 aliphatic carbocycles. The monoisotopic (exact) mass is 297 g/mol. The van der Waals surface area contributed by atoms with Crippen LogP contribution in [0.4, 0.5) is 0 Å². The quantitative estimate of drug-likeness (QED) is 0.603. The maximum absolute atomic E-state index is 11.6. The van der Waals surface area contributed by atoms with Gasteiger partial charge in [0.1, 0.15) is 5.60 Å². The van der Waals surface area contributed by atoms with Crippen LogP contribution in [-0.4, -0.2) is 36.4 Å². The molecule has 0 radical (unpaired) electrons. The van der Waals surface area contributed by atoms with Crippen molar-refractivity contribution < 1.29 is 18.8 Å². The highest BCUT2D eigenvalue weighted by molar-refractivity contribution is 6.45. The zero-order valence-electron chi connectivity index (χ0n) is 13.7. The van der Waals surface area contributed by atoms with Gasteiger partial charge in [-0.1, -0.05) is 0 Å². The Morgan fingerprint density at radius 3 is 2.14 bits per heavy atom. The first-order chi connectivity index (χ1) is 9.69. The molecule has 21 heavy (non-hydrogen) atoms. The van der Waals surface area contributed by atoms with E-state index in [4.69, 9.17) is 19.8 Å². The fourth-order valence-electron chi connectivity index (χ4n) is 3.01. The molecule has 1 saturated carbocycles. The number of primary amides is 1. The maximum atomic E-state index is 11.6. The van der Waals surface area contributed by atoms with Crippen LogP contribution < -0.4 is 5.73 Å². The summed E-state index contributed by atoms with van der Waals surface area (Å²) < 4.78 is 17.7. The van der Waals surface area contributed by atoms with E-state index in [9.17, 15) is 4.79 Å². The van der Waals surface area contributed by atoms with E-state index in [-0.39, 0.29) is 24.2 Å². The second-order valence-corrected chi connectivity index (χ2v) is 7.24. The number of rotatable bonds is 6. The summed E-state index contributed by atoms with van der Waals surface area (Å²) in [5.74, 6) is -0.323. The lowest BCUT2D eigenvalue weighted by atomic mass is 9.83. The molecule has 120 valence electrons. The van der Waals surface area contributed by atoms with Crippen molar-refractivity contribution in [3.05, 3.63) is 0 Å². The van der Waals surface area contributed by atoms with Crippen molar-refractivity contribution in [2.45, 2.75) is 82.9 Å². The molecule has 1 amide bonds. The van der Waals surface area contributed by atoms with Gasteiger partial charge in [0, 0.05) is 6.61 Å². The average Bonchev–Trinajstić information content (AvgIpc) is 2.90. The first kappa shape index (κ1) is 16.8. The molecule has 2 N–H and O–H groups in total. The van der Waals surface area contributed by atoms with Crippen LogP contribution >= 0.6 is 0 Å². The molecule has 1 saturated heterocycles. The van der Waals surface area contributed by atoms with Gasteiger partial charge >= 0.3 is 7.12 Å². The Labute approximate surface area is 128 Å². The SMILES string of the molecule is CC1(C)OB(CCCOC2(C(N)=O)CCCC2)OC1(C)C. The van der Waals surface area contributed by atoms with Crippen LogP contribution in [0, 0.1) is 0 Å². The van der Waals surface area contributed by atoms with Crippen LogP contribution in [0.1, 0.15) is 59.8 Å². The number of carbonyl (C=O) groups excluding carboxylic acids is 1. The smallest absolute Gasteiger partial charge is 0.403 e. The van der Waals surface area contributed by atoms with Gasteiger partial charge in [-0.3, -0.25) is 4.79 Å². The van der Waals surface area contributed by atoms with Crippen LogP contribution in [0.25, 0.3) is 0 Å². The predicted molar refractivity (Wildman–Crippen MR) is 81.9 cm³/mol. The van der Waals surface area contributed by atoms with Crippen LogP contribution in [0.5, 0.6) is 0 Å². The Balaban J connectivity index is 1.75. The largest absolute Gasteiger partial charge is 0.457 e. The lowest BCUT2D eigenvalue weighted by molar-refractivity contribution is -0.143. The molecule has 0 unspecified atom stereocenters. The van der Waals surface area contributed by atoms with Gasteiger partial charge in [-0.25, -0.2) is 0 Å². The van der Waals surface area contributed by atoms with Crippen molar-refractivity contribution >= 4 is 13.0 Å². The molecule has 0 spiro atoms. The molecule has 0 aromatic rings. The summed E-state index contributed by atoms with van der Waals surface area (Å²) in [6.45, 7) is 8.70. The van der Waals surface area contributed by atoms with Gasteiger partial charge in [-0.15, -0.1) is 0 Å². The standard InChI is InChI=1S/C15H28BNO4/c1-13(2)14(3,4)21-16(20-13)10-7-11-19-15(12(17)18)8-5-6-9-15/h5-11H2,1-4H3,(H2,17,18). The number of amides is 1. The molecular formula is C15H28BNO4. The molecule has 0 aromatic heterocycles. The minimum atomic E-state index is -0.726. The highest BCUT2D eigenvalue weighted by Gasteiger charge is 2.50. The van der Waals surface area contributed by atoms with Gasteiger partial charge < -0.3 is 19.8 Å². The molecule has 1 aliphatic heterocycles. The molecular weight excluding hydrogens is 269 g/mol. The molecule has 5 nitrogen and oxygen atoms in total. The molecule has 0 aromatic carbocycles. The van der Waals surface area contributed by atoms with E-state index in [1.807, 2.05) is 27.7 Å². The second-order valence-electron chi connectivity index (χ2n) is 7.24. The number of nitrogens with two attached hydrogens (primary N) is 1. The first-order valence-corrected chi connectivity index (χ1v) is 7.98. The molecule has 2 rings (SSSR count). The van der Waals surface area contributed by atoms with Crippen LogP contribution in [0.3, 0.4) is 0 Å². The lowest BCUT2D eigenvalue weighted by Crippen LogP contribution is -2.44. The summed E-state index contributed by atoms with van der Waals surface area (Å²) >= 11 is 0. The van der Waals surface area contributed by atoms with Crippen molar-refractivity contribution in [3.63, 3.8) is 0 Å². The van der Waals surface area contributed by atoms with Gasteiger partial charge in [0.2, 0.25) is 5.91 Å². The van der Waals surface area contributed by atoms with E-state index < -0.39 is 5.60 Å². The summed E-state index contributed by atoms with van der Waals surface area (Å²) in [7, 11) is -0.202. The topological polar surface area (TPSA) is 70.8 Å². The number of hydrogen-bond donors (Lipinski definition) is 1. The second kappa shape index (κ2) is 5.90. The normalized spacial score (nSPS) is 26.2. The van der Waals surface area contributed by atoms with E-state index in [0.717, 1.165) is 38.4 Å². The predicted octanol–water partition coefficient (Wildman–Crippen LogP) is 2.28. The summed E-state index contributed by atoms with van der Waals surface area (Å²) in [6.07, 6.45) is 5.09. The average molecular weight is 297 g/mol. The molecule has 2 fully saturated rings. The number of ether oxygens (including phenoxy) is 1. The fourth-order valence-corrected chi connectivity index (χ4v) is 3.01. The Morgan fingerprint density at radius 2 is 1.67 bits per heavy atom. The zero-order chi connectivity index (χ0) is 15.7. The van der Waals surface area contributed by atoms with Crippen molar-refractivity contribution in [1.82, 2.24) is 0 Å². The minimum absolute atomic E-state index is 0.202. The third-order valence-electron chi connectivity index (χ3n) is 5.12. The minimum Gasteiger partial charge on any atom is -0.403 e. The van der Waals surface area contributed by atoms with Gasteiger partial charge in [-0.2, -0.15) is 0 Å². The summed E-state index contributed by atoms with van der Waals surface area (Å²) in [5.41, 5.74) is 4.18. The van der Waals surface area contributed by atoms with E-state index in [1.165, 1.54) is 0 Å². The van der Waals surface area contributed by atoms with Crippen LogP contribution in [0.15, 0.2) is 0 Å². The molecule has 0 bridgehead atoms. The number of hydrogen-bond acceptors (Lipinski definition) is 4. The maximum Gasteiger partial charge on any atom is 0.457 e. The Morgan fingerprint density at radius 1 is 1.14 bits per heavy atom. The summed E-state index contributed by atoms with van der Waals surface area (Å²) in [5, 5.41) is 0. The van der Waals surface area contributed by atoms with Crippen molar-refractivity contribution in [2.75, 3.05) is 6.61 Å². The zero-order valence-corrected chi connectivity index (χ0v) is 13.7. The Kier molecular flexibility index (Phi) is 4.71. The first-order valence-electron chi connectivity index (χ1n) is 7.98. The third kappa shape index (κ3) is 3.43. The van der Waals surface area contributed by atoms with E-state index in [2.05, 4.69) is 0 Å². The third-order valence-corrected chi connectivity index (χ3v) is 5.12. The molecule has 6 heteroatoms. The van der Waals surface area contributed by atoms with Gasteiger partial charge in [0.25, 0.3) is 0 Å². The van der Waals surface area contributed by atoms with E-state index >= 15 is 0 Å². The Hall–Kier alpha value is -0.585. The van der Waals surface area contributed by atoms with E-state index in [1.54, 1.807) is 0 Å². The van der Waals surface area contributed by atoms with Gasteiger partial charge in [-0.05, 0) is 66.1 Å². The van der Waals surface area contributed by atoms with Crippen LogP contribution in [-0.2, 0) is 18.8 Å². The van der Waals surface area contributed by atoms with Crippen LogP contribution in [0.2, 0.25) is 6.32 Å². The van der Waals surface area contributed by atoms with Gasteiger partial charge in [0.15, 0.2) is 0 Å². The summed E-state index contributed by atoms with van der Waals surface area (Å²) in [6, 6.07) is 0. The van der Waals surface area contributed by atoms with Crippen molar-refractivity contribution in [2.24, 2.45) is 5.73 Å². The fraction of sp³-hybridized carbons (Fsp3) is 0.933. The van der Waals surface area contributed by atoms with Crippen molar-refractivity contribution in [1.29, 1.82) is 0 Å². The lowest BCUT2D eigenvalue weighted by Gasteiger charge is -2.32. The Bertz CT molecular complexity index is 375. The molecule has 2 aliphatic rings. The summed E-state index contributed by atoms with van der Waals surface area (Å²) in [4.78, 5) is 11.6. The molecule has 0 atom stereocenters. The number of carbonyl (C=O) groups is 1. The highest BCUT2D eigenvalue weighted by atomic mass is 16.7.